The van der Waals surface area contributed by atoms with Crippen molar-refractivity contribution in [3.63, 3.8) is 0 Å². The Labute approximate surface area is 126 Å². The Kier molecular flexibility index (Phi) is 4.52. The molecule has 0 saturated carbocycles. The molecule has 0 radical (unpaired) electrons. The quantitative estimate of drug-likeness (QED) is 0.859. The second-order valence-electron chi connectivity index (χ2n) is 4.82. The molecule has 21 heavy (non-hydrogen) atoms. The number of carboxylic acids is 1. The average Bonchev–Trinajstić information content (AvgIpc) is 2.90. The lowest BCUT2D eigenvalue weighted by Crippen LogP contribution is -2.31. The molecule has 1 aromatic carbocycles. The number of hydrogen-bond acceptors (Lipinski definition) is 4. The Morgan fingerprint density at radius 1 is 1.52 bits per heavy atom. The summed E-state index contributed by atoms with van der Waals surface area (Å²) in [4.78, 5) is 10.2. The van der Waals surface area contributed by atoms with Crippen LogP contribution in [0, 0.1) is 11.7 Å². The van der Waals surface area contributed by atoms with Gasteiger partial charge >= 0.3 is 5.97 Å². The molecule has 0 aromatic heterocycles. The zero-order valence-electron chi connectivity index (χ0n) is 10.9. The van der Waals surface area contributed by atoms with Crippen LogP contribution in [0.2, 0.25) is 5.02 Å². The smallest absolute Gasteiger partial charge is 0.338 e. The van der Waals surface area contributed by atoms with Crippen LogP contribution in [0.15, 0.2) is 17.0 Å². The minimum atomic E-state index is -4.14. The number of aromatic carboxylic acids is 1. The third-order valence-electron chi connectivity index (χ3n) is 3.43. The molecule has 0 bridgehead atoms. The van der Waals surface area contributed by atoms with Crippen LogP contribution in [-0.4, -0.2) is 43.4 Å². The molecule has 1 aromatic rings. The molecule has 9 heteroatoms. The molecular formula is C12H14ClFN2O4S. The number of carbonyl (C=O) groups is 1. The van der Waals surface area contributed by atoms with Crippen LogP contribution in [0.1, 0.15) is 16.8 Å². The summed E-state index contributed by atoms with van der Waals surface area (Å²) in [7, 11) is -4.14. The van der Waals surface area contributed by atoms with Gasteiger partial charge in [-0.2, -0.15) is 4.31 Å². The van der Waals surface area contributed by atoms with Crippen LogP contribution in [0.25, 0.3) is 0 Å². The van der Waals surface area contributed by atoms with Crippen molar-refractivity contribution in [2.75, 3.05) is 19.6 Å². The summed E-state index contributed by atoms with van der Waals surface area (Å²) in [6.45, 7) is 0.746. The summed E-state index contributed by atoms with van der Waals surface area (Å²) >= 11 is 5.70. The molecule has 1 heterocycles. The average molecular weight is 337 g/mol. The van der Waals surface area contributed by atoms with Crippen LogP contribution in [-0.2, 0) is 10.0 Å². The topological polar surface area (TPSA) is 101 Å². The Morgan fingerprint density at radius 3 is 2.71 bits per heavy atom. The van der Waals surface area contributed by atoms with E-state index in [0.717, 1.165) is 16.4 Å². The van der Waals surface area contributed by atoms with E-state index in [0.29, 0.717) is 13.0 Å². The number of nitrogens with two attached hydrogens (primary N) is 1. The first-order chi connectivity index (χ1) is 9.77. The van der Waals surface area contributed by atoms with Crippen molar-refractivity contribution in [2.24, 2.45) is 11.7 Å². The number of nitrogens with zero attached hydrogens (tertiary/aromatic N) is 1. The highest BCUT2D eigenvalue weighted by atomic mass is 35.5. The molecule has 0 aliphatic carbocycles. The van der Waals surface area contributed by atoms with Gasteiger partial charge in [-0.05, 0) is 31.0 Å². The molecule has 3 N–H and O–H groups in total. The number of hydrogen-bond donors (Lipinski definition) is 2. The predicted octanol–water partition coefficient (Wildman–Crippen LogP) is 1.15. The molecule has 0 spiro atoms. The second kappa shape index (κ2) is 5.88. The van der Waals surface area contributed by atoms with E-state index in [2.05, 4.69) is 0 Å². The summed E-state index contributed by atoms with van der Waals surface area (Å²) in [5.74, 6) is -2.86. The third kappa shape index (κ3) is 3.03. The van der Waals surface area contributed by atoms with Crippen molar-refractivity contribution in [1.29, 1.82) is 0 Å². The van der Waals surface area contributed by atoms with E-state index < -0.39 is 32.3 Å². The van der Waals surface area contributed by atoms with E-state index in [1.165, 1.54) is 0 Å². The van der Waals surface area contributed by atoms with Crippen LogP contribution < -0.4 is 5.73 Å². The molecular weight excluding hydrogens is 323 g/mol. The van der Waals surface area contributed by atoms with E-state index in [1.54, 1.807) is 0 Å². The zero-order valence-corrected chi connectivity index (χ0v) is 12.5. The van der Waals surface area contributed by atoms with E-state index in [1.807, 2.05) is 0 Å². The lowest BCUT2D eigenvalue weighted by atomic mass is 10.1. The fraction of sp³-hybridized carbons (Fsp3) is 0.417. The van der Waals surface area contributed by atoms with Crippen molar-refractivity contribution in [1.82, 2.24) is 4.31 Å². The SMILES string of the molecule is NCC1CCN(S(=O)(=O)c2cc(Cl)cc(C(=O)O)c2F)C1. The van der Waals surface area contributed by atoms with Crippen molar-refractivity contribution in [3.8, 4) is 0 Å². The van der Waals surface area contributed by atoms with Crippen molar-refractivity contribution in [2.45, 2.75) is 11.3 Å². The first kappa shape index (κ1) is 16.2. The van der Waals surface area contributed by atoms with Crippen LogP contribution in [0.5, 0.6) is 0 Å². The number of benzene rings is 1. The largest absolute Gasteiger partial charge is 0.478 e. The normalized spacial score (nSPS) is 19.9. The second-order valence-corrected chi connectivity index (χ2v) is 7.17. The van der Waals surface area contributed by atoms with Gasteiger partial charge in [0, 0.05) is 18.1 Å². The molecule has 1 aliphatic rings. The Balaban J connectivity index is 2.48. The summed E-state index contributed by atoms with van der Waals surface area (Å²) in [5, 5.41) is 8.75. The first-order valence-electron chi connectivity index (χ1n) is 6.20. The predicted molar refractivity (Wildman–Crippen MR) is 74.3 cm³/mol. The van der Waals surface area contributed by atoms with Gasteiger partial charge in [0.1, 0.15) is 4.90 Å². The van der Waals surface area contributed by atoms with E-state index in [4.69, 9.17) is 22.4 Å². The molecule has 116 valence electrons. The summed E-state index contributed by atoms with van der Waals surface area (Å²) in [5.41, 5.74) is 4.73. The summed E-state index contributed by atoms with van der Waals surface area (Å²) < 4.78 is 40.1. The highest BCUT2D eigenvalue weighted by Crippen LogP contribution is 2.29. The third-order valence-corrected chi connectivity index (χ3v) is 5.52. The molecule has 1 saturated heterocycles. The van der Waals surface area contributed by atoms with Gasteiger partial charge in [-0.3, -0.25) is 0 Å². The van der Waals surface area contributed by atoms with Crippen LogP contribution in [0.4, 0.5) is 4.39 Å². The molecule has 0 amide bonds. The first-order valence-corrected chi connectivity index (χ1v) is 8.01. The van der Waals surface area contributed by atoms with E-state index >= 15 is 0 Å². The number of halogens is 2. The fourth-order valence-electron chi connectivity index (χ4n) is 2.25. The van der Waals surface area contributed by atoms with Gasteiger partial charge in [0.15, 0.2) is 5.82 Å². The Morgan fingerprint density at radius 2 is 2.19 bits per heavy atom. The molecule has 1 unspecified atom stereocenters. The lowest BCUT2D eigenvalue weighted by Gasteiger charge is -2.17. The maximum absolute atomic E-state index is 14.2. The van der Waals surface area contributed by atoms with Crippen LogP contribution in [0.3, 0.4) is 0 Å². The Bertz CT molecular complexity index is 680. The number of rotatable bonds is 4. The minimum Gasteiger partial charge on any atom is -0.478 e. The van der Waals surface area contributed by atoms with Gasteiger partial charge in [0.05, 0.1) is 5.56 Å². The standard InChI is InChI=1S/C12H14ClFN2O4S/c13-8-3-9(12(17)18)11(14)10(4-8)21(19,20)16-2-1-7(5-15)6-16/h3-4,7H,1-2,5-6,15H2,(H,17,18). The molecule has 6 nitrogen and oxygen atoms in total. The Hall–Kier alpha value is -1.22. The van der Waals surface area contributed by atoms with Crippen LogP contribution >= 0.6 is 11.6 Å². The van der Waals surface area contributed by atoms with Gasteiger partial charge < -0.3 is 10.8 Å². The maximum atomic E-state index is 14.2. The van der Waals surface area contributed by atoms with Gasteiger partial charge in [-0.15, -0.1) is 0 Å². The summed E-state index contributed by atoms with van der Waals surface area (Å²) in [6.07, 6.45) is 0.587. The van der Waals surface area contributed by atoms with Gasteiger partial charge in [0.25, 0.3) is 0 Å². The summed E-state index contributed by atoms with van der Waals surface area (Å²) in [6, 6.07) is 1.80. The van der Waals surface area contributed by atoms with Crippen molar-refractivity contribution < 1.29 is 22.7 Å². The highest BCUT2D eigenvalue weighted by Gasteiger charge is 2.35. The van der Waals surface area contributed by atoms with Crippen molar-refractivity contribution >= 4 is 27.6 Å². The lowest BCUT2D eigenvalue weighted by molar-refractivity contribution is 0.0691. The fourth-order valence-corrected chi connectivity index (χ4v) is 4.18. The molecule has 2 rings (SSSR count). The number of sulfonamides is 1. The highest BCUT2D eigenvalue weighted by molar-refractivity contribution is 7.89. The van der Waals surface area contributed by atoms with Crippen molar-refractivity contribution in [3.05, 3.63) is 28.5 Å². The van der Waals surface area contributed by atoms with Gasteiger partial charge in [-0.1, -0.05) is 11.6 Å². The van der Waals surface area contributed by atoms with Gasteiger partial charge in [-0.25, -0.2) is 17.6 Å². The maximum Gasteiger partial charge on any atom is 0.338 e. The minimum absolute atomic E-state index is 0.0148. The van der Waals surface area contributed by atoms with E-state index in [-0.39, 0.29) is 24.0 Å². The molecule has 1 aliphatic heterocycles. The number of carboxylic acid groups (broad SMARTS) is 1. The monoisotopic (exact) mass is 336 g/mol. The van der Waals surface area contributed by atoms with Gasteiger partial charge in [0.2, 0.25) is 10.0 Å². The zero-order chi connectivity index (χ0) is 15.8. The molecule has 1 fully saturated rings. The molecule has 1 atom stereocenters. The van der Waals surface area contributed by atoms with E-state index in [9.17, 15) is 17.6 Å².